The standard InChI is InChI=1S/C17H14N4O3S/c1-11-19-20-17(24-11)25-10-15-18-14-7-3-2-6-13(14)16(22)21(15)9-12-5-4-8-23-12/h2-8H,9-10H2,1H3. The van der Waals surface area contributed by atoms with Gasteiger partial charge < -0.3 is 8.83 Å². The van der Waals surface area contributed by atoms with Crippen LogP contribution in [0.4, 0.5) is 0 Å². The lowest BCUT2D eigenvalue weighted by Crippen LogP contribution is -2.25. The number of fused-ring (bicyclic) bond motifs is 1. The second kappa shape index (κ2) is 6.56. The number of aromatic nitrogens is 4. The summed E-state index contributed by atoms with van der Waals surface area (Å²) in [4.78, 5) is 17.6. The van der Waals surface area contributed by atoms with Crippen molar-refractivity contribution in [2.45, 2.75) is 24.4 Å². The Hall–Kier alpha value is -2.87. The maximum atomic E-state index is 12.9. The molecule has 126 valence electrons. The summed E-state index contributed by atoms with van der Waals surface area (Å²) in [6.07, 6.45) is 1.59. The molecule has 0 amide bonds. The van der Waals surface area contributed by atoms with E-state index in [9.17, 15) is 4.79 Å². The van der Waals surface area contributed by atoms with Gasteiger partial charge in [0.2, 0.25) is 5.89 Å². The van der Waals surface area contributed by atoms with E-state index >= 15 is 0 Å². The predicted octanol–water partition coefficient (Wildman–Crippen LogP) is 3.02. The second-order valence-corrected chi connectivity index (χ2v) is 6.32. The number of furan rings is 1. The summed E-state index contributed by atoms with van der Waals surface area (Å²) in [6.45, 7) is 2.06. The second-order valence-electron chi connectivity index (χ2n) is 5.39. The Morgan fingerprint density at radius 1 is 1.16 bits per heavy atom. The number of thioether (sulfide) groups is 1. The predicted molar refractivity (Wildman–Crippen MR) is 92.4 cm³/mol. The highest BCUT2D eigenvalue weighted by atomic mass is 32.2. The molecule has 0 N–H and O–H groups in total. The maximum Gasteiger partial charge on any atom is 0.277 e. The van der Waals surface area contributed by atoms with Gasteiger partial charge in [-0.05, 0) is 24.3 Å². The number of hydrogen-bond acceptors (Lipinski definition) is 7. The van der Waals surface area contributed by atoms with Gasteiger partial charge in [0.25, 0.3) is 10.8 Å². The van der Waals surface area contributed by atoms with Gasteiger partial charge in [-0.25, -0.2) is 4.98 Å². The van der Waals surface area contributed by atoms with Gasteiger partial charge in [-0.3, -0.25) is 9.36 Å². The Kier molecular flexibility index (Phi) is 4.10. The van der Waals surface area contributed by atoms with Crippen LogP contribution in [-0.2, 0) is 12.3 Å². The molecule has 0 saturated heterocycles. The topological polar surface area (TPSA) is 87.0 Å². The fourth-order valence-electron chi connectivity index (χ4n) is 2.51. The van der Waals surface area contributed by atoms with Crippen LogP contribution in [0.15, 0.2) is 61.5 Å². The van der Waals surface area contributed by atoms with E-state index < -0.39 is 0 Å². The van der Waals surface area contributed by atoms with Crippen molar-refractivity contribution in [3.05, 3.63) is 70.5 Å². The molecule has 3 heterocycles. The molecule has 4 aromatic rings. The van der Waals surface area contributed by atoms with Crippen LogP contribution >= 0.6 is 11.8 Å². The summed E-state index contributed by atoms with van der Waals surface area (Å²) in [7, 11) is 0. The summed E-state index contributed by atoms with van der Waals surface area (Å²) in [5.41, 5.74) is 0.569. The summed E-state index contributed by atoms with van der Waals surface area (Å²) in [6, 6.07) is 10.9. The molecule has 0 unspecified atom stereocenters. The fourth-order valence-corrected chi connectivity index (χ4v) is 3.26. The lowest BCUT2D eigenvalue weighted by atomic mass is 10.2. The van der Waals surface area contributed by atoms with Crippen LogP contribution in [0.1, 0.15) is 17.5 Å². The summed E-state index contributed by atoms with van der Waals surface area (Å²) < 4.78 is 12.4. The van der Waals surface area contributed by atoms with Crippen molar-refractivity contribution in [3.8, 4) is 0 Å². The van der Waals surface area contributed by atoms with E-state index in [1.807, 2.05) is 24.3 Å². The third-order valence-electron chi connectivity index (χ3n) is 3.67. The normalized spacial score (nSPS) is 11.2. The highest BCUT2D eigenvalue weighted by Crippen LogP contribution is 2.21. The molecule has 0 saturated carbocycles. The van der Waals surface area contributed by atoms with Crippen LogP contribution in [0.25, 0.3) is 10.9 Å². The van der Waals surface area contributed by atoms with Gasteiger partial charge >= 0.3 is 0 Å². The SMILES string of the molecule is Cc1nnc(SCc2nc3ccccc3c(=O)n2Cc2ccco2)o1. The zero-order valence-corrected chi connectivity index (χ0v) is 14.2. The molecular weight excluding hydrogens is 340 g/mol. The Balaban J connectivity index is 1.75. The largest absolute Gasteiger partial charge is 0.467 e. The molecule has 8 heteroatoms. The van der Waals surface area contributed by atoms with Gasteiger partial charge in [0.05, 0.1) is 29.5 Å². The van der Waals surface area contributed by atoms with Gasteiger partial charge in [-0.1, -0.05) is 23.9 Å². The maximum absolute atomic E-state index is 12.9. The Bertz CT molecular complexity index is 1070. The first-order valence-corrected chi connectivity index (χ1v) is 8.63. The van der Waals surface area contributed by atoms with Crippen molar-refractivity contribution in [2.75, 3.05) is 0 Å². The molecule has 0 atom stereocenters. The molecule has 1 aromatic carbocycles. The Morgan fingerprint density at radius 3 is 2.80 bits per heavy atom. The Morgan fingerprint density at radius 2 is 2.04 bits per heavy atom. The molecule has 4 rings (SSSR count). The average molecular weight is 354 g/mol. The number of para-hydroxylation sites is 1. The lowest BCUT2D eigenvalue weighted by Gasteiger charge is -2.11. The van der Waals surface area contributed by atoms with Crippen molar-refractivity contribution in [1.29, 1.82) is 0 Å². The first kappa shape index (κ1) is 15.6. The molecule has 3 aromatic heterocycles. The summed E-state index contributed by atoms with van der Waals surface area (Å²) >= 11 is 1.35. The van der Waals surface area contributed by atoms with Crippen molar-refractivity contribution >= 4 is 22.7 Å². The fraction of sp³-hybridized carbons (Fsp3) is 0.176. The number of hydrogen-bond donors (Lipinski definition) is 0. The molecule has 0 radical (unpaired) electrons. The van der Waals surface area contributed by atoms with Crippen LogP contribution in [0.2, 0.25) is 0 Å². The quantitative estimate of drug-likeness (QED) is 0.509. The molecule has 0 aliphatic rings. The molecule has 0 fully saturated rings. The van der Waals surface area contributed by atoms with E-state index in [0.29, 0.717) is 45.9 Å². The molecule has 7 nitrogen and oxygen atoms in total. The third-order valence-corrected chi connectivity index (χ3v) is 4.48. The minimum absolute atomic E-state index is 0.0979. The van der Waals surface area contributed by atoms with E-state index in [1.165, 1.54) is 11.8 Å². The van der Waals surface area contributed by atoms with E-state index in [4.69, 9.17) is 8.83 Å². The van der Waals surface area contributed by atoms with Crippen LogP contribution in [0.3, 0.4) is 0 Å². The summed E-state index contributed by atoms with van der Waals surface area (Å²) in [5, 5.41) is 8.80. The van der Waals surface area contributed by atoms with E-state index in [-0.39, 0.29) is 5.56 Å². The smallest absolute Gasteiger partial charge is 0.277 e. The first-order chi connectivity index (χ1) is 12.2. The van der Waals surface area contributed by atoms with Gasteiger partial charge in [-0.2, -0.15) is 0 Å². The Labute approximate surface area is 146 Å². The first-order valence-electron chi connectivity index (χ1n) is 7.64. The molecule has 0 aliphatic carbocycles. The van der Waals surface area contributed by atoms with Crippen LogP contribution in [0.5, 0.6) is 0 Å². The van der Waals surface area contributed by atoms with Crippen LogP contribution in [0, 0.1) is 6.92 Å². The molecule has 25 heavy (non-hydrogen) atoms. The van der Waals surface area contributed by atoms with Gasteiger partial charge in [0.1, 0.15) is 11.6 Å². The van der Waals surface area contributed by atoms with Gasteiger partial charge in [0.15, 0.2) is 0 Å². The monoisotopic (exact) mass is 354 g/mol. The van der Waals surface area contributed by atoms with Crippen molar-refractivity contribution in [1.82, 2.24) is 19.7 Å². The number of rotatable bonds is 5. The number of aryl methyl sites for hydroxylation is 1. The van der Waals surface area contributed by atoms with E-state index in [2.05, 4.69) is 15.2 Å². The minimum atomic E-state index is -0.0979. The summed E-state index contributed by atoms with van der Waals surface area (Å²) in [5.74, 6) is 2.25. The number of nitrogens with zero attached hydrogens (tertiary/aromatic N) is 4. The zero-order chi connectivity index (χ0) is 17.2. The van der Waals surface area contributed by atoms with Crippen LogP contribution in [-0.4, -0.2) is 19.7 Å². The van der Waals surface area contributed by atoms with Crippen molar-refractivity contribution in [3.63, 3.8) is 0 Å². The van der Waals surface area contributed by atoms with Crippen molar-refractivity contribution < 1.29 is 8.83 Å². The average Bonchev–Trinajstić information content (AvgIpc) is 3.27. The molecular formula is C17H14N4O3S. The van der Waals surface area contributed by atoms with Gasteiger partial charge in [0, 0.05) is 6.92 Å². The minimum Gasteiger partial charge on any atom is -0.467 e. The molecule has 0 spiro atoms. The van der Waals surface area contributed by atoms with Crippen LogP contribution < -0.4 is 5.56 Å². The van der Waals surface area contributed by atoms with Gasteiger partial charge in [-0.15, -0.1) is 10.2 Å². The van der Waals surface area contributed by atoms with Crippen molar-refractivity contribution in [2.24, 2.45) is 0 Å². The zero-order valence-electron chi connectivity index (χ0n) is 13.4. The molecule has 0 bridgehead atoms. The number of benzene rings is 1. The highest BCUT2D eigenvalue weighted by molar-refractivity contribution is 7.98. The third kappa shape index (κ3) is 3.20. The highest BCUT2D eigenvalue weighted by Gasteiger charge is 2.14. The van der Waals surface area contributed by atoms with E-state index in [1.54, 1.807) is 29.9 Å². The van der Waals surface area contributed by atoms with E-state index in [0.717, 1.165) is 0 Å². The lowest BCUT2D eigenvalue weighted by molar-refractivity contribution is 0.429. The molecule has 0 aliphatic heterocycles.